The highest BCUT2D eigenvalue weighted by Crippen LogP contribution is 2.56. The summed E-state index contributed by atoms with van der Waals surface area (Å²) in [4.78, 5) is 11.3. The third-order valence-corrected chi connectivity index (χ3v) is 3.76. The van der Waals surface area contributed by atoms with Gasteiger partial charge in [0.1, 0.15) is 6.61 Å². The highest BCUT2D eigenvalue weighted by atomic mass is 16.5. The molecule has 2 saturated carbocycles. The summed E-state index contributed by atoms with van der Waals surface area (Å²) in [7, 11) is 0. The van der Waals surface area contributed by atoms with Crippen molar-refractivity contribution in [3.63, 3.8) is 0 Å². The zero-order valence-corrected chi connectivity index (χ0v) is 9.53. The van der Waals surface area contributed by atoms with Crippen molar-refractivity contribution in [2.75, 3.05) is 6.61 Å². The Morgan fingerprint density at radius 2 is 2.00 bits per heavy atom. The first-order valence-electron chi connectivity index (χ1n) is 5.83. The Bertz CT molecular complexity index is 246. The molecule has 86 valence electrons. The number of carbonyl (C=O) groups excluding carboxylic acids is 1. The molecule has 2 aliphatic carbocycles. The van der Waals surface area contributed by atoms with E-state index < -0.39 is 0 Å². The molecule has 0 aromatic heterocycles. The average molecular weight is 212 g/mol. The van der Waals surface area contributed by atoms with Gasteiger partial charge in [0, 0.05) is 5.92 Å². The van der Waals surface area contributed by atoms with E-state index in [1.807, 2.05) is 13.8 Å². The van der Waals surface area contributed by atoms with Gasteiger partial charge in [-0.25, -0.2) is 0 Å². The van der Waals surface area contributed by atoms with Crippen LogP contribution in [0.1, 0.15) is 39.5 Å². The predicted molar refractivity (Wildman–Crippen MR) is 56.5 cm³/mol. The normalized spacial score (nSPS) is 38.9. The molecule has 2 fully saturated rings. The lowest BCUT2D eigenvalue weighted by atomic mass is 9.53. The van der Waals surface area contributed by atoms with Gasteiger partial charge >= 0.3 is 0 Å². The molecule has 0 atom stereocenters. The summed E-state index contributed by atoms with van der Waals surface area (Å²) in [5, 5.41) is 9.23. The van der Waals surface area contributed by atoms with E-state index in [2.05, 4.69) is 0 Å². The summed E-state index contributed by atoms with van der Waals surface area (Å²) in [5.74, 6) is 0.258. The van der Waals surface area contributed by atoms with Gasteiger partial charge in [-0.2, -0.15) is 0 Å². The Kier molecular flexibility index (Phi) is 2.86. The monoisotopic (exact) mass is 212 g/mol. The van der Waals surface area contributed by atoms with Crippen LogP contribution in [0.5, 0.6) is 0 Å². The van der Waals surface area contributed by atoms with Crippen LogP contribution >= 0.6 is 0 Å². The lowest BCUT2D eigenvalue weighted by Gasteiger charge is -2.55. The van der Waals surface area contributed by atoms with Gasteiger partial charge in [0.2, 0.25) is 0 Å². The van der Waals surface area contributed by atoms with Crippen molar-refractivity contribution in [3.05, 3.63) is 0 Å². The molecular formula is C12H20O3. The Hall–Kier alpha value is -0.410. The molecular weight excluding hydrogens is 192 g/mol. The van der Waals surface area contributed by atoms with E-state index in [9.17, 15) is 9.90 Å². The van der Waals surface area contributed by atoms with E-state index in [4.69, 9.17) is 4.74 Å². The third kappa shape index (κ3) is 2.23. The summed E-state index contributed by atoms with van der Waals surface area (Å²) < 4.78 is 5.54. The molecule has 0 aliphatic heterocycles. The van der Waals surface area contributed by atoms with E-state index in [-0.39, 0.29) is 30.5 Å². The molecule has 0 saturated heterocycles. The topological polar surface area (TPSA) is 46.5 Å². The van der Waals surface area contributed by atoms with Crippen LogP contribution < -0.4 is 0 Å². The van der Waals surface area contributed by atoms with Gasteiger partial charge in [0.15, 0.2) is 5.78 Å². The van der Waals surface area contributed by atoms with Gasteiger partial charge < -0.3 is 9.84 Å². The van der Waals surface area contributed by atoms with E-state index in [1.165, 1.54) is 0 Å². The minimum absolute atomic E-state index is 0.0737. The lowest BCUT2D eigenvalue weighted by Crippen LogP contribution is -2.53. The maximum Gasteiger partial charge on any atom is 0.160 e. The van der Waals surface area contributed by atoms with Crippen molar-refractivity contribution in [1.29, 1.82) is 0 Å². The predicted octanol–water partition coefficient (Wildman–Crippen LogP) is 1.53. The highest BCUT2D eigenvalue weighted by Gasteiger charge is 2.52. The number of carbonyl (C=O) groups is 1. The smallest absolute Gasteiger partial charge is 0.160 e. The van der Waals surface area contributed by atoms with Crippen molar-refractivity contribution in [3.8, 4) is 0 Å². The Morgan fingerprint density at radius 3 is 2.47 bits per heavy atom. The number of rotatable bonds is 4. The SMILES string of the molecule is CC(C)C(=O)COC1CC2(CC(O)C2)C1. The minimum Gasteiger partial charge on any atom is -0.393 e. The summed E-state index contributed by atoms with van der Waals surface area (Å²) in [6.07, 6.45) is 4.13. The summed E-state index contributed by atoms with van der Waals surface area (Å²) in [6, 6.07) is 0. The van der Waals surface area contributed by atoms with Crippen LogP contribution in [0.2, 0.25) is 0 Å². The van der Waals surface area contributed by atoms with Gasteiger partial charge in [-0.15, -0.1) is 0 Å². The number of ether oxygens (including phenoxy) is 1. The zero-order valence-electron chi connectivity index (χ0n) is 9.53. The van der Waals surface area contributed by atoms with E-state index in [0.717, 1.165) is 25.7 Å². The second-order valence-electron chi connectivity index (χ2n) is 5.52. The Labute approximate surface area is 90.8 Å². The maximum absolute atomic E-state index is 11.3. The molecule has 0 bridgehead atoms. The summed E-state index contributed by atoms with van der Waals surface area (Å²) >= 11 is 0. The molecule has 0 amide bonds. The van der Waals surface area contributed by atoms with Crippen LogP contribution in [-0.4, -0.2) is 29.7 Å². The Morgan fingerprint density at radius 1 is 1.40 bits per heavy atom. The maximum atomic E-state index is 11.3. The van der Waals surface area contributed by atoms with Gasteiger partial charge in [0.05, 0.1) is 12.2 Å². The summed E-state index contributed by atoms with van der Waals surface area (Å²) in [5.41, 5.74) is 0.380. The molecule has 0 aromatic rings. The van der Waals surface area contributed by atoms with E-state index >= 15 is 0 Å². The van der Waals surface area contributed by atoms with E-state index in [1.54, 1.807) is 0 Å². The average Bonchev–Trinajstić information content (AvgIpc) is 2.05. The van der Waals surface area contributed by atoms with Crippen LogP contribution in [0.15, 0.2) is 0 Å². The molecule has 0 aromatic carbocycles. The molecule has 0 unspecified atom stereocenters. The molecule has 1 spiro atoms. The van der Waals surface area contributed by atoms with E-state index in [0.29, 0.717) is 5.41 Å². The van der Waals surface area contributed by atoms with Gasteiger partial charge in [0.25, 0.3) is 0 Å². The fourth-order valence-corrected chi connectivity index (χ4v) is 2.66. The fourth-order valence-electron chi connectivity index (χ4n) is 2.66. The summed E-state index contributed by atoms with van der Waals surface area (Å²) in [6.45, 7) is 4.06. The molecule has 2 rings (SSSR count). The minimum atomic E-state index is -0.0803. The van der Waals surface area contributed by atoms with Crippen LogP contribution in [0, 0.1) is 11.3 Å². The fraction of sp³-hybridized carbons (Fsp3) is 0.917. The standard InChI is InChI=1S/C12H20O3/c1-8(2)11(14)7-15-10-5-12(6-10)3-9(13)4-12/h8-10,13H,3-7H2,1-2H3. The second kappa shape index (κ2) is 3.87. The van der Waals surface area contributed by atoms with Crippen LogP contribution in [0.4, 0.5) is 0 Å². The number of Topliss-reactive ketones (excluding diaryl/α,β-unsaturated/α-hetero) is 1. The van der Waals surface area contributed by atoms with Crippen molar-refractivity contribution in [2.45, 2.75) is 51.7 Å². The highest BCUT2D eigenvalue weighted by molar-refractivity contribution is 5.81. The van der Waals surface area contributed by atoms with Gasteiger partial charge in [-0.1, -0.05) is 13.8 Å². The van der Waals surface area contributed by atoms with Crippen molar-refractivity contribution in [2.24, 2.45) is 11.3 Å². The first-order chi connectivity index (χ1) is 7.01. The molecule has 2 aliphatic rings. The molecule has 3 heteroatoms. The quantitative estimate of drug-likeness (QED) is 0.768. The van der Waals surface area contributed by atoms with Crippen LogP contribution in [0.25, 0.3) is 0 Å². The first-order valence-corrected chi connectivity index (χ1v) is 5.83. The lowest BCUT2D eigenvalue weighted by molar-refractivity contribution is -0.165. The number of aliphatic hydroxyl groups is 1. The van der Waals surface area contributed by atoms with Crippen LogP contribution in [0.3, 0.4) is 0 Å². The number of ketones is 1. The molecule has 0 heterocycles. The zero-order chi connectivity index (χ0) is 11.1. The Balaban J connectivity index is 1.62. The molecule has 1 N–H and O–H groups in total. The van der Waals surface area contributed by atoms with Crippen molar-refractivity contribution in [1.82, 2.24) is 0 Å². The van der Waals surface area contributed by atoms with Gasteiger partial charge in [-0.3, -0.25) is 4.79 Å². The number of aliphatic hydroxyl groups excluding tert-OH is 1. The second-order valence-corrected chi connectivity index (χ2v) is 5.52. The molecule has 0 radical (unpaired) electrons. The van der Waals surface area contributed by atoms with Crippen molar-refractivity contribution < 1.29 is 14.6 Å². The number of hydrogen-bond donors (Lipinski definition) is 1. The largest absolute Gasteiger partial charge is 0.393 e. The molecule has 3 nitrogen and oxygen atoms in total. The first kappa shape index (κ1) is 11.1. The van der Waals surface area contributed by atoms with Crippen LogP contribution in [-0.2, 0) is 9.53 Å². The number of hydrogen-bond acceptors (Lipinski definition) is 3. The molecule has 15 heavy (non-hydrogen) atoms. The third-order valence-electron chi connectivity index (χ3n) is 3.76. The van der Waals surface area contributed by atoms with Crippen molar-refractivity contribution >= 4 is 5.78 Å². The van der Waals surface area contributed by atoms with Gasteiger partial charge in [-0.05, 0) is 31.1 Å².